The molecule has 0 unspecified atom stereocenters. The molecule has 0 atom stereocenters. The van der Waals surface area contributed by atoms with Crippen molar-refractivity contribution in [1.82, 2.24) is 24.5 Å². The Morgan fingerprint density at radius 1 is 0.861 bits per heavy atom. The van der Waals surface area contributed by atoms with E-state index in [0.717, 1.165) is 27.8 Å². The molecule has 6 rings (SSSR count). The van der Waals surface area contributed by atoms with Crippen molar-refractivity contribution in [3.8, 4) is 17.1 Å². The lowest BCUT2D eigenvalue weighted by atomic mass is 10.1. The van der Waals surface area contributed by atoms with Gasteiger partial charge in [-0.05, 0) is 79.7 Å². The summed E-state index contributed by atoms with van der Waals surface area (Å²) < 4.78 is 1.92. The van der Waals surface area contributed by atoms with Gasteiger partial charge in [0.05, 0.1) is 11.1 Å². The lowest BCUT2D eigenvalue weighted by molar-refractivity contribution is 0.102. The van der Waals surface area contributed by atoms with E-state index in [2.05, 4.69) is 20.3 Å². The predicted octanol–water partition coefficient (Wildman–Crippen LogP) is 5.17. The standard InChI is InChI=1S/C28H21N7O/c1-17-6-7-19-16-20(10-13-23(19)32-17)33-28(36)18-8-11-21(12-9-18)35-26(22-4-2-14-30-25(22)29)34-24-5-3-15-31-27(24)35/h2-16H,1H3,(H2,29,30)(H,33,36). The Morgan fingerprint density at radius 3 is 2.50 bits per heavy atom. The molecule has 0 aliphatic rings. The summed E-state index contributed by atoms with van der Waals surface area (Å²) in [5.41, 5.74) is 12.2. The zero-order valence-electron chi connectivity index (χ0n) is 19.4. The van der Waals surface area contributed by atoms with E-state index in [4.69, 9.17) is 10.7 Å². The molecule has 0 saturated carbocycles. The van der Waals surface area contributed by atoms with E-state index in [9.17, 15) is 4.79 Å². The number of nitrogens with zero attached hydrogens (tertiary/aromatic N) is 5. The minimum absolute atomic E-state index is 0.202. The van der Waals surface area contributed by atoms with Gasteiger partial charge in [-0.1, -0.05) is 6.07 Å². The van der Waals surface area contributed by atoms with Gasteiger partial charge in [0.1, 0.15) is 11.3 Å². The number of carbonyl (C=O) groups is 1. The number of aryl methyl sites for hydroxylation is 1. The molecule has 0 aliphatic carbocycles. The van der Waals surface area contributed by atoms with E-state index >= 15 is 0 Å². The van der Waals surface area contributed by atoms with Gasteiger partial charge in [0, 0.05) is 40.4 Å². The Kier molecular flexibility index (Phi) is 5.11. The maximum absolute atomic E-state index is 13.0. The van der Waals surface area contributed by atoms with Gasteiger partial charge >= 0.3 is 0 Å². The molecular weight excluding hydrogens is 450 g/mol. The first-order valence-electron chi connectivity index (χ1n) is 11.4. The Labute approximate surface area is 206 Å². The van der Waals surface area contributed by atoms with Gasteiger partial charge in [0.25, 0.3) is 5.91 Å². The second kappa shape index (κ2) is 8.59. The van der Waals surface area contributed by atoms with Gasteiger partial charge in [-0.3, -0.25) is 14.3 Å². The summed E-state index contributed by atoms with van der Waals surface area (Å²) in [7, 11) is 0. The zero-order valence-corrected chi connectivity index (χ0v) is 19.4. The third-order valence-corrected chi connectivity index (χ3v) is 5.97. The van der Waals surface area contributed by atoms with Crippen molar-refractivity contribution in [2.75, 3.05) is 11.1 Å². The van der Waals surface area contributed by atoms with E-state index < -0.39 is 0 Å². The highest BCUT2D eigenvalue weighted by molar-refractivity contribution is 6.05. The summed E-state index contributed by atoms with van der Waals surface area (Å²) in [6, 6.07) is 24.4. The van der Waals surface area contributed by atoms with Gasteiger partial charge in [-0.2, -0.15) is 0 Å². The minimum Gasteiger partial charge on any atom is -0.383 e. The molecular formula is C28H21N7O. The number of rotatable bonds is 4. The number of carbonyl (C=O) groups excluding carboxylic acids is 1. The van der Waals surface area contributed by atoms with E-state index in [-0.39, 0.29) is 5.91 Å². The van der Waals surface area contributed by atoms with Crippen LogP contribution >= 0.6 is 0 Å². The number of nitrogens with two attached hydrogens (primary N) is 1. The largest absolute Gasteiger partial charge is 0.383 e. The van der Waals surface area contributed by atoms with Crippen LogP contribution in [0.25, 0.3) is 39.1 Å². The summed E-state index contributed by atoms with van der Waals surface area (Å²) in [6.07, 6.45) is 3.36. The smallest absolute Gasteiger partial charge is 0.255 e. The van der Waals surface area contributed by atoms with Crippen LogP contribution in [0.3, 0.4) is 0 Å². The Balaban J connectivity index is 1.34. The number of benzene rings is 2. The van der Waals surface area contributed by atoms with Gasteiger partial charge in [-0.15, -0.1) is 0 Å². The molecule has 3 N–H and O–H groups in total. The van der Waals surface area contributed by atoms with Crippen LogP contribution in [0.15, 0.2) is 91.3 Å². The van der Waals surface area contributed by atoms with Gasteiger partial charge in [0.2, 0.25) is 0 Å². The van der Waals surface area contributed by atoms with Crippen LogP contribution in [0.2, 0.25) is 0 Å². The summed E-state index contributed by atoms with van der Waals surface area (Å²) in [5, 5.41) is 3.94. The molecule has 4 heterocycles. The highest BCUT2D eigenvalue weighted by Crippen LogP contribution is 2.30. The molecule has 0 spiro atoms. The molecule has 6 aromatic rings. The molecule has 174 valence electrons. The van der Waals surface area contributed by atoms with Crippen molar-refractivity contribution in [2.24, 2.45) is 0 Å². The molecule has 1 amide bonds. The van der Waals surface area contributed by atoms with Crippen LogP contribution < -0.4 is 11.1 Å². The summed E-state index contributed by atoms with van der Waals surface area (Å²) >= 11 is 0. The maximum Gasteiger partial charge on any atom is 0.255 e. The van der Waals surface area contributed by atoms with Crippen molar-refractivity contribution in [2.45, 2.75) is 6.92 Å². The molecule has 2 aromatic carbocycles. The van der Waals surface area contributed by atoms with Crippen molar-refractivity contribution >= 4 is 39.5 Å². The fraction of sp³-hybridized carbons (Fsp3) is 0.0357. The van der Waals surface area contributed by atoms with E-state index in [1.54, 1.807) is 24.5 Å². The second-order valence-electron chi connectivity index (χ2n) is 8.41. The second-order valence-corrected chi connectivity index (χ2v) is 8.41. The molecule has 8 nitrogen and oxygen atoms in total. The van der Waals surface area contributed by atoms with E-state index in [1.165, 1.54) is 0 Å². The normalized spacial score (nSPS) is 11.1. The molecule has 0 saturated heterocycles. The third-order valence-electron chi connectivity index (χ3n) is 5.97. The van der Waals surface area contributed by atoms with Crippen LogP contribution in [0, 0.1) is 6.92 Å². The SMILES string of the molecule is Cc1ccc2cc(NC(=O)c3ccc(-n4c(-c5cccnc5N)nc5cccnc54)cc3)ccc2n1. The highest BCUT2D eigenvalue weighted by atomic mass is 16.1. The van der Waals surface area contributed by atoms with E-state index in [0.29, 0.717) is 34.1 Å². The highest BCUT2D eigenvalue weighted by Gasteiger charge is 2.18. The summed E-state index contributed by atoms with van der Waals surface area (Å²) in [4.78, 5) is 31.0. The van der Waals surface area contributed by atoms with Gasteiger partial charge in [-0.25, -0.2) is 15.0 Å². The maximum atomic E-state index is 13.0. The topological polar surface area (TPSA) is 112 Å². The van der Waals surface area contributed by atoms with Crippen molar-refractivity contribution in [3.05, 3.63) is 103 Å². The lowest BCUT2D eigenvalue weighted by Crippen LogP contribution is -2.12. The number of hydrogen-bond acceptors (Lipinski definition) is 6. The molecule has 0 fully saturated rings. The first-order chi connectivity index (χ1) is 17.6. The number of anilines is 2. The Hall–Kier alpha value is -5.11. The molecule has 36 heavy (non-hydrogen) atoms. The number of fused-ring (bicyclic) bond motifs is 2. The first-order valence-corrected chi connectivity index (χ1v) is 11.4. The fourth-order valence-corrected chi connectivity index (χ4v) is 4.21. The van der Waals surface area contributed by atoms with Crippen LogP contribution in [0.1, 0.15) is 16.1 Å². The zero-order chi connectivity index (χ0) is 24.6. The van der Waals surface area contributed by atoms with Gasteiger partial charge < -0.3 is 11.1 Å². The average molecular weight is 472 g/mol. The number of pyridine rings is 3. The van der Waals surface area contributed by atoms with Gasteiger partial charge in [0.15, 0.2) is 11.5 Å². The number of imidazole rings is 1. The van der Waals surface area contributed by atoms with Crippen LogP contribution in [0.5, 0.6) is 0 Å². The predicted molar refractivity (Wildman–Crippen MR) is 141 cm³/mol. The van der Waals surface area contributed by atoms with Crippen LogP contribution in [0.4, 0.5) is 11.5 Å². The molecule has 0 radical (unpaired) electrons. The van der Waals surface area contributed by atoms with Crippen molar-refractivity contribution in [3.63, 3.8) is 0 Å². The number of aromatic nitrogens is 5. The molecule has 8 heteroatoms. The van der Waals surface area contributed by atoms with Crippen molar-refractivity contribution < 1.29 is 4.79 Å². The molecule has 0 aliphatic heterocycles. The third kappa shape index (κ3) is 3.80. The molecule has 0 bridgehead atoms. The quantitative estimate of drug-likeness (QED) is 0.367. The molecule has 4 aromatic heterocycles. The Bertz CT molecular complexity index is 1760. The van der Waals surface area contributed by atoms with Crippen LogP contribution in [-0.4, -0.2) is 30.4 Å². The minimum atomic E-state index is -0.202. The fourth-order valence-electron chi connectivity index (χ4n) is 4.21. The number of hydrogen-bond donors (Lipinski definition) is 2. The summed E-state index contributed by atoms with van der Waals surface area (Å²) in [6.45, 7) is 1.95. The number of nitrogen functional groups attached to an aromatic ring is 1. The number of nitrogens with one attached hydrogen (secondary N) is 1. The van der Waals surface area contributed by atoms with Crippen molar-refractivity contribution in [1.29, 1.82) is 0 Å². The lowest BCUT2D eigenvalue weighted by Gasteiger charge is -2.11. The Morgan fingerprint density at radius 2 is 1.67 bits per heavy atom. The first kappa shape index (κ1) is 21.4. The van der Waals surface area contributed by atoms with E-state index in [1.807, 2.05) is 78.2 Å². The number of amides is 1. The van der Waals surface area contributed by atoms with Crippen LogP contribution in [-0.2, 0) is 0 Å². The monoisotopic (exact) mass is 471 g/mol. The average Bonchev–Trinajstić information content (AvgIpc) is 3.28. The summed E-state index contributed by atoms with van der Waals surface area (Å²) in [5.74, 6) is 0.809.